The summed E-state index contributed by atoms with van der Waals surface area (Å²) >= 11 is 0. The second-order valence-electron chi connectivity index (χ2n) is 4.90. The number of methoxy groups -OCH3 is 1. The first-order valence-electron chi connectivity index (χ1n) is 7.11. The molecule has 22 heavy (non-hydrogen) atoms. The monoisotopic (exact) mass is 292 g/mol. The van der Waals surface area contributed by atoms with Crippen molar-refractivity contribution >= 4 is 23.2 Å². The Labute approximate surface area is 129 Å². The number of benzene rings is 2. The molecule has 0 saturated heterocycles. The fourth-order valence-corrected chi connectivity index (χ4v) is 2.36. The van der Waals surface area contributed by atoms with Gasteiger partial charge in [0.2, 0.25) is 0 Å². The van der Waals surface area contributed by atoms with Crippen molar-refractivity contribution in [3.05, 3.63) is 66.7 Å². The number of H-pyrrole nitrogens is 1. The van der Waals surface area contributed by atoms with Gasteiger partial charge in [-0.1, -0.05) is 29.8 Å². The maximum atomic E-state index is 5.16. The van der Waals surface area contributed by atoms with Crippen LogP contribution in [0, 0.1) is 0 Å². The van der Waals surface area contributed by atoms with Gasteiger partial charge >= 0.3 is 5.95 Å². The lowest BCUT2D eigenvalue weighted by Crippen LogP contribution is -2.31. The van der Waals surface area contributed by atoms with E-state index < -0.39 is 0 Å². The van der Waals surface area contributed by atoms with Crippen molar-refractivity contribution < 1.29 is 9.30 Å². The van der Waals surface area contributed by atoms with Crippen LogP contribution >= 0.6 is 0 Å². The molecule has 110 valence electrons. The maximum Gasteiger partial charge on any atom is 0.397 e. The normalized spacial score (nSPS) is 11.1. The van der Waals surface area contributed by atoms with Gasteiger partial charge in [-0.25, -0.2) is 9.55 Å². The summed E-state index contributed by atoms with van der Waals surface area (Å²) in [6.45, 7) is 4.53. The van der Waals surface area contributed by atoms with Gasteiger partial charge in [-0.3, -0.25) is 0 Å². The predicted octanol–water partition coefficient (Wildman–Crippen LogP) is 3.40. The van der Waals surface area contributed by atoms with E-state index >= 15 is 0 Å². The van der Waals surface area contributed by atoms with Crippen LogP contribution in [0.1, 0.15) is 5.56 Å². The molecule has 0 aliphatic heterocycles. The Hall–Kier alpha value is -2.88. The molecule has 4 nitrogen and oxygen atoms in total. The van der Waals surface area contributed by atoms with Gasteiger partial charge in [0, 0.05) is 5.56 Å². The van der Waals surface area contributed by atoms with Gasteiger partial charge in [0.15, 0.2) is 0 Å². The highest BCUT2D eigenvalue weighted by Gasteiger charge is 2.14. The first kappa shape index (κ1) is 14.1. The van der Waals surface area contributed by atoms with Crippen LogP contribution < -0.4 is 9.30 Å². The molecule has 0 atom stereocenters. The fraction of sp³-hybridized carbons (Fsp3) is 0.111. The Balaban J connectivity index is 1.96. The van der Waals surface area contributed by atoms with Gasteiger partial charge in [0.25, 0.3) is 0 Å². The number of fused-ring (bicyclic) bond motifs is 1. The zero-order valence-electron chi connectivity index (χ0n) is 12.5. The molecule has 0 saturated carbocycles. The van der Waals surface area contributed by atoms with Crippen molar-refractivity contribution in [2.75, 3.05) is 7.11 Å². The minimum absolute atomic E-state index is 0.708. The standard InChI is InChI=1S/C18H17N3O/c1-3-12-21-17-7-5-4-6-16(17)20-18(21)19-13-14-8-10-15(22-2)11-9-14/h3-11,13H,1,12H2,2H3/p+1. The topological polar surface area (TPSA) is 41.3 Å². The van der Waals surface area contributed by atoms with E-state index in [9.17, 15) is 0 Å². The van der Waals surface area contributed by atoms with E-state index in [2.05, 4.69) is 27.2 Å². The summed E-state index contributed by atoms with van der Waals surface area (Å²) in [5, 5.41) is 0. The van der Waals surface area contributed by atoms with Crippen molar-refractivity contribution in [2.24, 2.45) is 4.99 Å². The van der Waals surface area contributed by atoms with E-state index in [1.54, 1.807) is 7.11 Å². The van der Waals surface area contributed by atoms with Crippen LogP contribution in [-0.4, -0.2) is 18.3 Å². The summed E-state index contributed by atoms with van der Waals surface area (Å²) in [4.78, 5) is 7.92. The first-order valence-corrected chi connectivity index (χ1v) is 7.11. The van der Waals surface area contributed by atoms with Crippen molar-refractivity contribution in [3.8, 4) is 5.75 Å². The number of rotatable bonds is 5. The largest absolute Gasteiger partial charge is 0.497 e. The van der Waals surface area contributed by atoms with Crippen LogP contribution in [0.2, 0.25) is 0 Å². The molecule has 1 N–H and O–H groups in total. The molecule has 1 aromatic heterocycles. The predicted molar refractivity (Wildman–Crippen MR) is 88.9 cm³/mol. The fourth-order valence-electron chi connectivity index (χ4n) is 2.36. The minimum atomic E-state index is 0.708. The summed E-state index contributed by atoms with van der Waals surface area (Å²) in [6, 6.07) is 15.9. The molecule has 4 heteroatoms. The lowest BCUT2D eigenvalue weighted by molar-refractivity contribution is -0.647. The van der Waals surface area contributed by atoms with Gasteiger partial charge in [0.05, 0.1) is 13.7 Å². The van der Waals surface area contributed by atoms with Gasteiger partial charge < -0.3 is 4.74 Å². The van der Waals surface area contributed by atoms with Crippen LogP contribution in [-0.2, 0) is 6.54 Å². The van der Waals surface area contributed by atoms with E-state index in [0.717, 1.165) is 28.3 Å². The van der Waals surface area contributed by atoms with E-state index in [0.29, 0.717) is 6.54 Å². The maximum absolute atomic E-state index is 5.16. The Morgan fingerprint density at radius 3 is 2.68 bits per heavy atom. The zero-order chi connectivity index (χ0) is 15.4. The van der Waals surface area contributed by atoms with Crippen molar-refractivity contribution in [1.29, 1.82) is 0 Å². The number of aromatic nitrogens is 2. The van der Waals surface area contributed by atoms with Gasteiger partial charge in [-0.05, 0) is 36.4 Å². The molecule has 3 rings (SSSR count). The molecular weight excluding hydrogens is 274 g/mol. The molecule has 0 aliphatic rings. The van der Waals surface area contributed by atoms with Crippen LogP contribution in [0.15, 0.2) is 66.2 Å². The number of nitrogens with zero attached hydrogens (tertiary/aromatic N) is 2. The molecule has 1 heterocycles. The van der Waals surface area contributed by atoms with Crippen molar-refractivity contribution in [2.45, 2.75) is 6.54 Å². The van der Waals surface area contributed by atoms with Crippen LogP contribution in [0.5, 0.6) is 5.75 Å². The summed E-state index contributed by atoms with van der Waals surface area (Å²) in [7, 11) is 1.66. The van der Waals surface area contributed by atoms with Crippen molar-refractivity contribution in [3.63, 3.8) is 0 Å². The summed E-state index contributed by atoms with van der Waals surface area (Å²) in [6.07, 6.45) is 3.70. The molecule has 0 fully saturated rings. The van der Waals surface area contributed by atoms with Gasteiger partial charge in [-0.15, -0.1) is 0 Å². The lowest BCUT2D eigenvalue weighted by Gasteiger charge is -1.97. The molecule has 0 unspecified atom stereocenters. The highest BCUT2D eigenvalue weighted by Crippen LogP contribution is 2.15. The van der Waals surface area contributed by atoms with E-state index in [1.807, 2.05) is 54.8 Å². The van der Waals surface area contributed by atoms with Crippen LogP contribution in [0.25, 0.3) is 11.0 Å². The molecule has 0 radical (unpaired) electrons. The Morgan fingerprint density at radius 2 is 1.95 bits per heavy atom. The number of nitrogens with one attached hydrogen (secondary N) is 1. The lowest BCUT2D eigenvalue weighted by atomic mass is 10.2. The molecule has 0 aliphatic carbocycles. The number of aromatic amines is 1. The number of hydrogen-bond acceptors (Lipinski definition) is 2. The number of allylic oxidation sites excluding steroid dienone is 1. The summed E-state index contributed by atoms with van der Waals surface area (Å²) in [5.41, 5.74) is 3.19. The second kappa shape index (κ2) is 6.26. The van der Waals surface area contributed by atoms with E-state index in [4.69, 9.17) is 4.74 Å². The first-order chi connectivity index (χ1) is 10.8. The Bertz CT molecular complexity index is 816. The minimum Gasteiger partial charge on any atom is -0.497 e. The number of ether oxygens (including phenoxy) is 1. The molecule has 3 aromatic rings. The summed E-state index contributed by atoms with van der Waals surface area (Å²) in [5.74, 6) is 1.64. The molecule has 0 bridgehead atoms. The zero-order valence-corrected chi connectivity index (χ0v) is 12.5. The molecule has 0 amide bonds. The van der Waals surface area contributed by atoms with Crippen molar-refractivity contribution in [1.82, 2.24) is 4.98 Å². The van der Waals surface area contributed by atoms with E-state index in [1.165, 1.54) is 0 Å². The Kier molecular flexibility index (Phi) is 4.01. The van der Waals surface area contributed by atoms with Gasteiger partial charge in [0.1, 0.15) is 23.0 Å². The average molecular weight is 292 g/mol. The Morgan fingerprint density at radius 1 is 1.18 bits per heavy atom. The van der Waals surface area contributed by atoms with Gasteiger partial charge in [-0.2, -0.15) is 0 Å². The van der Waals surface area contributed by atoms with Crippen LogP contribution in [0.4, 0.5) is 5.95 Å². The highest BCUT2D eigenvalue weighted by atomic mass is 16.5. The quantitative estimate of drug-likeness (QED) is 0.437. The molecule has 0 spiro atoms. The third kappa shape index (κ3) is 2.76. The number of imidazole rings is 1. The second-order valence-corrected chi connectivity index (χ2v) is 4.90. The molecule has 2 aromatic carbocycles. The smallest absolute Gasteiger partial charge is 0.397 e. The average Bonchev–Trinajstić information content (AvgIpc) is 2.92. The molecular formula is C18H18N3O+. The third-order valence-electron chi connectivity index (χ3n) is 3.46. The SMILES string of the molecule is C=CC[n+]1c(N=Cc2ccc(OC)cc2)[nH]c2ccccc21. The number of hydrogen-bond donors (Lipinski definition) is 1. The number of aliphatic imine (C=N–C) groups is 1. The third-order valence-corrected chi connectivity index (χ3v) is 3.46. The van der Waals surface area contributed by atoms with Crippen LogP contribution in [0.3, 0.4) is 0 Å². The summed E-state index contributed by atoms with van der Waals surface area (Å²) < 4.78 is 7.26. The van der Waals surface area contributed by atoms with E-state index in [-0.39, 0.29) is 0 Å². The number of para-hydroxylation sites is 2. The highest BCUT2D eigenvalue weighted by molar-refractivity contribution is 5.82.